The van der Waals surface area contributed by atoms with Crippen molar-refractivity contribution in [2.45, 2.75) is 20.0 Å². The van der Waals surface area contributed by atoms with Gasteiger partial charge >= 0.3 is 6.18 Å². The predicted octanol–water partition coefficient (Wildman–Crippen LogP) is 4.27. The van der Waals surface area contributed by atoms with Crippen LogP contribution in [0.15, 0.2) is 30.6 Å². The highest BCUT2D eigenvalue weighted by Gasteiger charge is 2.36. The molecule has 3 rings (SSSR count). The average molecular weight is 305 g/mol. The maximum Gasteiger partial charge on any atom is 0.419 e. The molecule has 0 aliphatic heterocycles. The van der Waals surface area contributed by atoms with Crippen LogP contribution in [0.1, 0.15) is 17.0 Å². The van der Waals surface area contributed by atoms with Gasteiger partial charge in [-0.15, -0.1) is 0 Å². The Morgan fingerprint density at radius 2 is 1.86 bits per heavy atom. The number of benzene rings is 1. The van der Waals surface area contributed by atoms with Gasteiger partial charge in [0.05, 0.1) is 11.2 Å². The zero-order valence-electron chi connectivity index (χ0n) is 12.4. The Kier molecular flexibility index (Phi) is 3.20. The Balaban J connectivity index is 2.38. The second-order valence-corrected chi connectivity index (χ2v) is 5.30. The molecule has 0 radical (unpaired) electrons. The topological polar surface area (TPSA) is 30.7 Å². The van der Waals surface area contributed by atoms with E-state index >= 15 is 0 Å². The number of hydrogen-bond acceptors (Lipinski definition) is 2. The average Bonchev–Trinajstić information content (AvgIpc) is 2.76. The molecule has 0 aliphatic carbocycles. The summed E-state index contributed by atoms with van der Waals surface area (Å²) in [6.45, 7) is 3.52. The lowest BCUT2D eigenvalue weighted by atomic mass is 10.0. The molecule has 3 nitrogen and oxygen atoms in total. The number of alkyl halides is 3. The summed E-state index contributed by atoms with van der Waals surface area (Å²) in [5, 5.41) is 0.756. The minimum absolute atomic E-state index is 0.0730. The molecule has 6 heteroatoms. The first kappa shape index (κ1) is 14.6. The third-order valence-corrected chi connectivity index (χ3v) is 3.67. The molecule has 2 heterocycles. The summed E-state index contributed by atoms with van der Waals surface area (Å²) in [7, 11) is 1.82. The van der Waals surface area contributed by atoms with E-state index in [2.05, 4.69) is 9.97 Å². The van der Waals surface area contributed by atoms with Crippen molar-refractivity contribution in [1.29, 1.82) is 0 Å². The Labute approximate surface area is 125 Å². The lowest BCUT2D eigenvalue weighted by molar-refractivity contribution is -0.137. The summed E-state index contributed by atoms with van der Waals surface area (Å²) in [5.74, 6) is 0.313. The van der Waals surface area contributed by atoms with Gasteiger partial charge in [-0.05, 0) is 19.4 Å². The first-order chi connectivity index (χ1) is 10.3. The Hall–Kier alpha value is -2.37. The van der Waals surface area contributed by atoms with Crippen molar-refractivity contribution in [2.75, 3.05) is 0 Å². The number of aryl methyl sites for hydroxylation is 3. The van der Waals surface area contributed by atoms with Gasteiger partial charge in [-0.2, -0.15) is 13.2 Å². The normalized spacial score (nSPS) is 12.1. The van der Waals surface area contributed by atoms with Gasteiger partial charge in [-0.3, -0.25) is 0 Å². The fraction of sp³-hybridized carbons (Fsp3) is 0.250. The van der Waals surface area contributed by atoms with Gasteiger partial charge in [0.15, 0.2) is 0 Å². The van der Waals surface area contributed by atoms with Gasteiger partial charge in [0.2, 0.25) is 0 Å². The molecule has 22 heavy (non-hydrogen) atoms. The number of fused-ring (bicyclic) bond motifs is 1. The van der Waals surface area contributed by atoms with Gasteiger partial charge < -0.3 is 4.57 Å². The highest BCUT2D eigenvalue weighted by molar-refractivity contribution is 5.97. The SMILES string of the molecule is Cc1ncc(C(F)(F)F)c(-c2cn(C)c3c(C)cccc23)n1. The molecule has 0 N–H and O–H groups in total. The van der Waals surface area contributed by atoms with E-state index in [1.165, 1.54) is 0 Å². The van der Waals surface area contributed by atoms with Crippen molar-refractivity contribution in [3.05, 3.63) is 47.5 Å². The molecule has 0 unspecified atom stereocenters. The molecule has 0 bridgehead atoms. The number of rotatable bonds is 1. The van der Waals surface area contributed by atoms with E-state index in [-0.39, 0.29) is 5.69 Å². The molecule has 3 aromatic rings. The van der Waals surface area contributed by atoms with Gasteiger partial charge in [0, 0.05) is 30.4 Å². The van der Waals surface area contributed by atoms with Crippen molar-refractivity contribution in [3.63, 3.8) is 0 Å². The monoisotopic (exact) mass is 305 g/mol. The van der Waals surface area contributed by atoms with Crippen molar-refractivity contribution < 1.29 is 13.2 Å². The third kappa shape index (κ3) is 2.24. The number of aromatic nitrogens is 3. The lowest BCUT2D eigenvalue weighted by Gasteiger charge is -2.11. The summed E-state index contributed by atoms with van der Waals surface area (Å²) in [5.41, 5.74) is 1.50. The summed E-state index contributed by atoms with van der Waals surface area (Å²) >= 11 is 0. The van der Waals surface area contributed by atoms with Crippen LogP contribution >= 0.6 is 0 Å². The van der Waals surface area contributed by atoms with Gasteiger partial charge in [0.1, 0.15) is 11.4 Å². The third-order valence-electron chi connectivity index (χ3n) is 3.67. The molecule has 0 saturated heterocycles. The number of nitrogens with zero attached hydrogens (tertiary/aromatic N) is 3. The van der Waals surface area contributed by atoms with E-state index in [1.54, 1.807) is 13.1 Å². The largest absolute Gasteiger partial charge is 0.419 e. The zero-order valence-corrected chi connectivity index (χ0v) is 12.4. The Bertz CT molecular complexity index is 863. The first-order valence-electron chi connectivity index (χ1n) is 6.75. The fourth-order valence-electron chi connectivity index (χ4n) is 2.74. The van der Waals surface area contributed by atoms with E-state index in [0.29, 0.717) is 11.4 Å². The van der Waals surface area contributed by atoms with Crippen LogP contribution in [0, 0.1) is 13.8 Å². The summed E-state index contributed by atoms with van der Waals surface area (Å²) in [6, 6.07) is 5.58. The fourth-order valence-corrected chi connectivity index (χ4v) is 2.74. The molecule has 0 amide bonds. The molecular formula is C16H14F3N3. The summed E-state index contributed by atoms with van der Waals surface area (Å²) in [6.07, 6.45) is -1.95. The van der Waals surface area contributed by atoms with E-state index in [0.717, 1.165) is 22.7 Å². The number of hydrogen-bond donors (Lipinski definition) is 0. The second-order valence-electron chi connectivity index (χ2n) is 5.30. The molecule has 0 fully saturated rings. The van der Waals surface area contributed by atoms with Gasteiger partial charge in [0.25, 0.3) is 0 Å². The standard InChI is InChI=1S/C16H14F3N3/c1-9-5-4-6-11-12(8-22(3)15(9)11)14-13(16(17,18)19)7-20-10(2)21-14/h4-8H,1-3H3. The van der Waals surface area contributed by atoms with Crippen LogP contribution in [0.25, 0.3) is 22.2 Å². The molecule has 0 atom stereocenters. The van der Waals surface area contributed by atoms with Crippen LogP contribution in [-0.4, -0.2) is 14.5 Å². The second kappa shape index (κ2) is 4.83. The zero-order chi connectivity index (χ0) is 16.1. The van der Waals surface area contributed by atoms with Crippen molar-refractivity contribution in [1.82, 2.24) is 14.5 Å². The van der Waals surface area contributed by atoms with Crippen molar-refractivity contribution >= 4 is 10.9 Å². The minimum atomic E-state index is -4.49. The molecule has 1 aromatic carbocycles. The Morgan fingerprint density at radius 3 is 2.55 bits per heavy atom. The van der Waals surface area contributed by atoms with Crippen LogP contribution in [0.5, 0.6) is 0 Å². The molecule has 0 spiro atoms. The number of halogens is 3. The maximum absolute atomic E-state index is 13.3. The van der Waals surface area contributed by atoms with Gasteiger partial charge in [-0.1, -0.05) is 18.2 Å². The smallest absolute Gasteiger partial charge is 0.350 e. The van der Waals surface area contributed by atoms with E-state index in [1.807, 2.05) is 36.7 Å². The van der Waals surface area contributed by atoms with Crippen LogP contribution in [0.2, 0.25) is 0 Å². The number of para-hydroxylation sites is 1. The quantitative estimate of drug-likeness (QED) is 0.672. The van der Waals surface area contributed by atoms with E-state index < -0.39 is 11.7 Å². The van der Waals surface area contributed by atoms with Crippen molar-refractivity contribution in [2.24, 2.45) is 7.05 Å². The predicted molar refractivity (Wildman–Crippen MR) is 78.4 cm³/mol. The first-order valence-corrected chi connectivity index (χ1v) is 6.75. The lowest BCUT2D eigenvalue weighted by Crippen LogP contribution is -2.10. The van der Waals surface area contributed by atoms with Crippen LogP contribution < -0.4 is 0 Å². The molecule has 2 aromatic heterocycles. The molecule has 0 aliphatic rings. The maximum atomic E-state index is 13.3. The van der Waals surface area contributed by atoms with E-state index in [4.69, 9.17) is 0 Å². The van der Waals surface area contributed by atoms with Crippen molar-refractivity contribution in [3.8, 4) is 11.3 Å². The highest BCUT2D eigenvalue weighted by Crippen LogP contribution is 2.39. The summed E-state index contributed by atoms with van der Waals surface area (Å²) in [4.78, 5) is 7.76. The van der Waals surface area contributed by atoms with Crippen LogP contribution in [-0.2, 0) is 13.2 Å². The van der Waals surface area contributed by atoms with Crippen LogP contribution in [0.3, 0.4) is 0 Å². The van der Waals surface area contributed by atoms with Crippen LogP contribution in [0.4, 0.5) is 13.2 Å². The van der Waals surface area contributed by atoms with Gasteiger partial charge in [-0.25, -0.2) is 9.97 Å². The minimum Gasteiger partial charge on any atom is -0.350 e. The summed E-state index contributed by atoms with van der Waals surface area (Å²) < 4.78 is 41.6. The highest BCUT2D eigenvalue weighted by atomic mass is 19.4. The molecular weight excluding hydrogens is 291 g/mol. The Morgan fingerprint density at radius 1 is 1.14 bits per heavy atom. The molecule has 114 valence electrons. The van der Waals surface area contributed by atoms with E-state index in [9.17, 15) is 13.2 Å². The molecule has 0 saturated carbocycles.